The highest BCUT2D eigenvalue weighted by molar-refractivity contribution is 5.43. The number of hydrogen-bond donors (Lipinski definition) is 0. The molecule has 0 N–H and O–H groups in total. The number of hydrogen-bond acceptors (Lipinski definition) is 4. The van der Waals surface area contributed by atoms with E-state index in [1.807, 2.05) is 18.3 Å². The topological polar surface area (TPSA) is 39.5 Å². The van der Waals surface area contributed by atoms with E-state index in [-0.39, 0.29) is 6.04 Å². The monoisotopic (exact) mass is 439 g/mol. The van der Waals surface area contributed by atoms with Crippen molar-refractivity contribution in [2.75, 3.05) is 13.7 Å². The lowest BCUT2D eigenvalue weighted by molar-refractivity contribution is 0.122. The van der Waals surface area contributed by atoms with E-state index in [1.54, 1.807) is 7.11 Å². The van der Waals surface area contributed by atoms with E-state index < -0.39 is 0 Å². The van der Waals surface area contributed by atoms with E-state index in [0.717, 1.165) is 43.4 Å². The number of aromatic nitrogens is 2. The molecule has 1 aliphatic heterocycles. The minimum Gasteiger partial charge on any atom is -0.497 e. The zero-order valence-electron chi connectivity index (χ0n) is 18.9. The summed E-state index contributed by atoms with van der Waals surface area (Å²) in [5.41, 5.74) is 3.74. The van der Waals surface area contributed by atoms with E-state index in [0.29, 0.717) is 6.61 Å². The molecular formula is C28H29N3O2. The molecule has 3 aromatic carbocycles. The third-order valence-corrected chi connectivity index (χ3v) is 6.24. The summed E-state index contributed by atoms with van der Waals surface area (Å²) < 4.78 is 13.8. The van der Waals surface area contributed by atoms with Gasteiger partial charge in [0, 0.05) is 43.5 Å². The molecule has 0 bridgehead atoms. The summed E-state index contributed by atoms with van der Waals surface area (Å²) >= 11 is 0. The van der Waals surface area contributed by atoms with Gasteiger partial charge < -0.3 is 14.0 Å². The van der Waals surface area contributed by atoms with Crippen molar-refractivity contribution in [3.8, 4) is 11.5 Å². The fraction of sp³-hybridized carbons (Fsp3) is 0.250. The van der Waals surface area contributed by atoms with Gasteiger partial charge in [-0.15, -0.1) is 0 Å². The molecule has 0 fully saturated rings. The first kappa shape index (κ1) is 21.3. The number of imidazole rings is 1. The highest BCUT2D eigenvalue weighted by atomic mass is 16.5. The summed E-state index contributed by atoms with van der Waals surface area (Å²) in [6, 6.07) is 27.5. The van der Waals surface area contributed by atoms with Crippen LogP contribution in [0.15, 0.2) is 91.3 Å². The summed E-state index contributed by atoms with van der Waals surface area (Å²) in [6.45, 7) is 3.09. The first-order valence-corrected chi connectivity index (χ1v) is 11.4. The number of fused-ring (bicyclic) bond motifs is 1. The largest absolute Gasteiger partial charge is 0.497 e. The van der Waals surface area contributed by atoms with Crippen LogP contribution in [0.4, 0.5) is 0 Å². The Kier molecular flexibility index (Phi) is 6.40. The zero-order valence-corrected chi connectivity index (χ0v) is 18.9. The first-order chi connectivity index (χ1) is 16.3. The van der Waals surface area contributed by atoms with Crippen molar-refractivity contribution in [2.45, 2.75) is 32.1 Å². The molecule has 5 heteroatoms. The smallest absolute Gasteiger partial charge is 0.124 e. The van der Waals surface area contributed by atoms with Crippen LogP contribution in [0, 0.1) is 0 Å². The van der Waals surface area contributed by atoms with Gasteiger partial charge in [0.05, 0.1) is 20.3 Å². The molecule has 1 aliphatic rings. The van der Waals surface area contributed by atoms with Gasteiger partial charge in [0.1, 0.15) is 17.3 Å². The van der Waals surface area contributed by atoms with Crippen molar-refractivity contribution < 1.29 is 9.47 Å². The van der Waals surface area contributed by atoms with Crippen molar-refractivity contribution in [2.24, 2.45) is 0 Å². The van der Waals surface area contributed by atoms with Crippen molar-refractivity contribution in [3.63, 3.8) is 0 Å². The van der Waals surface area contributed by atoms with Crippen LogP contribution in [0.2, 0.25) is 0 Å². The van der Waals surface area contributed by atoms with Gasteiger partial charge in [-0.3, -0.25) is 4.90 Å². The van der Waals surface area contributed by atoms with Crippen LogP contribution in [0.3, 0.4) is 0 Å². The molecule has 0 saturated heterocycles. The Bertz CT molecular complexity index is 1170. The highest BCUT2D eigenvalue weighted by Gasteiger charge is 2.29. The Hall–Kier alpha value is -3.57. The Balaban J connectivity index is 1.47. The lowest BCUT2D eigenvalue weighted by Gasteiger charge is -2.36. The number of ether oxygens (including phenoxy) is 2. The summed E-state index contributed by atoms with van der Waals surface area (Å²) in [5, 5.41) is 0. The van der Waals surface area contributed by atoms with Crippen LogP contribution in [0.25, 0.3) is 0 Å². The molecule has 0 unspecified atom stereocenters. The van der Waals surface area contributed by atoms with Gasteiger partial charge in [-0.05, 0) is 29.3 Å². The molecule has 168 valence electrons. The summed E-state index contributed by atoms with van der Waals surface area (Å²) in [5.74, 6) is 2.86. The van der Waals surface area contributed by atoms with Crippen LogP contribution in [0.1, 0.15) is 35.0 Å². The molecule has 1 aromatic heterocycles. The lowest BCUT2D eigenvalue weighted by Crippen LogP contribution is -2.33. The van der Waals surface area contributed by atoms with Gasteiger partial charge in [0.25, 0.3) is 0 Å². The second-order valence-electron chi connectivity index (χ2n) is 8.40. The molecule has 5 nitrogen and oxygen atoms in total. The molecule has 0 radical (unpaired) electrons. The van der Waals surface area contributed by atoms with Crippen molar-refractivity contribution in [1.29, 1.82) is 0 Å². The van der Waals surface area contributed by atoms with Crippen molar-refractivity contribution in [1.82, 2.24) is 14.5 Å². The molecule has 0 aliphatic carbocycles. The summed E-state index contributed by atoms with van der Waals surface area (Å²) in [4.78, 5) is 7.26. The molecule has 2 heterocycles. The molecule has 0 spiro atoms. The van der Waals surface area contributed by atoms with E-state index in [4.69, 9.17) is 14.5 Å². The van der Waals surface area contributed by atoms with Crippen LogP contribution in [0.5, 0.6) is 11.5 Å². The predicted octanol–water partition coefficient (Wildman–Crippen LogP) is 5.47. The third kappa shape index (κ3) is 4.94. The number of nitrogens with zero attached hydrogens (tertiary/aromatic N) is 3. The second kappa shape index (κ2) is 9.92. The average Bonchev–Trinajstić information content (AvgIpc) is 3.30. The Morgan fingerprint density at radius 3 is 2.48 bits per heavy atom. The quantitative estimate of drug-likeness (QED) is 0.365. The number of rotatable bonds is 8. The average molecular weight is 440 g/mol. The van der Waals surface area contributed by atoms with Crippen LogP contribution >= 0.6 is 0 Å². The van der Waals surface area contributed by atoms with Crippen LogP contribution in [-0.2, 0) is 19.6 Å². The molecule has 4 aromatic rings. The normalized spacial score (nSPS) is 15.2. The molecule has 1 atom stereocenters. The fourth-order valence-corrected chi connectivity index (χ4v) is 4.55. The van der Waals surface area contributed by atoms with Gasteiger partial charge >= 0.3 is 0 Å². The maximum Gasteiger partial charge on any atom is 0.124 e. The minimum absolute atomic E-state index is 0.214. The standard InChI is InChI=1S/C28H29N3O2/c1-32-24-12-13-27-25(18-24)26(14-17-33-27)31(20-23-10-6-3-7-11-23)21-28-29-15-16-30(28)19-22-8-4-2-5-9-22/h2-13,15-16,18,26H,14,17,19-21H2,1H3/t26-/m0/s1. The van der Waals surface area contributed by atoms with Crippen molar-refractivity contribution in [3.05, 3.63) is 114 Å². The van der Waals surface area contributed by atoms with Crippen molar-refractivity contribution >= 4 is 0 Å². The Morgan fingerprint density at radius 2 is 1.73 bits per heavy atom. The predicted molar refractivity (Wildman–Crippen MR) is 129 cm³/mol. The Labute approximate surface area is 195 Å². The van der Waals surface area contributed by atoms with Gasteiger partial charge in [0.15, 0.2) is 0 Å². The van der Waals surface area contributed by atoms with E-state index in [2.05, 4.69) is 82.4 Å². The van der Waals surface area contributed by atoms with Gasteiger partial charge in [0.2, 0.25) is 0 Å². The Morgan fingerprint density at radius 1 is 0.970 bits per heavy atom. The van der Waals surface area contributed by atoms with E-state index in [1.165, 1.54) is 16.7 Å². The third-order valence-electron chi connectivity index (χ3n) is 6.24. The van der Waals surface area contributed by atoms with Crippen LogP contribution in [-0.4, -0.2) is 28.2 Å². The molecule has 5 rings (SSSR count). The van der Waals surface area contributed by atoms with E-state index in [9.17, 15) is 0 Å². The molecular weight excluding hydrogens is 410 g/mol. The summed E-state index contributed by atoms with van der Waals surface area (Å²) in [6.07, 6.45) is 4.90. The number of benzene rings is 3. The minimum atomic E-state index is 0.214. The zero-order chi connectivity index (χ0) is 22.5. The molecule has 0 saturated carbocycles. The van der Waals surface area contributed by atoms with Gasteiger partial charge in [-0.1, -0.05) is 60.7 Å². The fourth-order valence-electron chi connectivity index (χ4n) is 4.55. The SMILES string of the molecule is COc1ccc2c(c1)[C@@H](N(Cc1ccccc1)Cc1nccn1Cc1ccccc1)CCO2. The van der Waals surface area contributed by atoms with Gasteiger partial charge in [-0.25, -0.2) is 4.98 Å². The summed E-state index contributed by atoms with van der Waals surface area (Å²) in [7, 11) is 1.71. The maximum absolute atomic E-state index is 5.99. The molecule has 33 heavy (non-hydrogen) atoms. The van der Waals surface area contributed by atoms with Gasteiger partial charge in [-0.2, -0.15) is 0 Å². The van der Waals surface area contributed by atoms with E-state index >= 15 is 0 Å². The first-order valence-electron chi connectivity index (χ1n) is 11.4. The highest BCUT2D eigenvalue weighted by Crippen LogP contribution is 2.39. The van der Waals surface area contributed by atoms with Crippen LogP contribution < -0.4 is 9.47 Å². The molecule has 0 amide bonds. The number of methoxy groups -OCH3 is 1. The lowest BCUT2D eigenvalue weighted by atomic mass is 9.97. The maximum atomic E-state index is 5.99. The second-order valence-corrected chi connectivity index (χ2v) is 8.40.